The average molecular weight is 417 g/mol. The molecule has 3 nitrogen and oxygen atoms in total. The summed E-state index contributed by atoms with van der Waals surface area (Å²) in [6.07, 6.45) is 0. The van der Waals surface area contributed by atoms with E-state index >= 15 is 0 Å². The molecule has 4 aromatic rings. The molecule has 27 heavy (non-hydrogen) atoms. The van der Waals surface area contributed by atoms with Crippen LogP contribution in [-0.4, -0.2) is 15.3 Å². The van der Waals surface area contributed by atoms with Crippen LogP contribution in [0.15, 0.2) is 95.7 Å². The number of aromatic nitrogens is 2. The Labute approximate surface area is 166 Å². The molecule has 0 amide bonds. The van der Waals surface area contributed by atoms with Crippen LogP contribution in [0, 0.1) is 0 Å². The molecule has 0 fully saturated rings. The predicted octanol–water partition coefficient (Wildman–Crippen LogP) is 5.86. The summed E-state index contributed by atoms with van der Waals surface area (Å²) in [5.41, 5.74) is 4.52. The van der Waals surface area contributed by atoms with Crippen molar-refractivity contribution in [1.82, 2.24) is 9.55 Å². The number of hydrogen-bond acceptors (Lipinski definition) is 2. The van der Waals surface area contributed by atoms with Gasteiger partial charge in [-0.1, -0.05) is 91.0 Å². The molecule has 0 saturated heterocycles. The van der Waals surface area contributed by atoms with Crippen LogP contribution in [-0.2, 0) is 6.54 Å². The Bertz CT molecular complexity index is 1060. The number of imidazole rings is 1. The molecular formula is C23H17BrN2O. The fourth-order valence-corrected chi connectivity index (χ4v) is 3.59. The lowest BCUT2D eigenvalue weighted by molar-refractivity contribution is 0.0972. The van der Waals surface area contributed by atoms with Gasteiger partial charge in [-0.05, 0) is 15.9 Å². The van der Waals surface area contributed by atoms with Gasteiger partial charge in [-0.15, -0.1) is 0 Å². The van der Waals surface area contributed by atoms with Gasteiger partial charge in [0.05, 0.1) is 17.9 Å². The van der Waals surface area contributed by atoms with E-state index in [1.54, 1.807) is 0 Å². The van der Waals surface area contributed by atoms with E-state index in [0.717, 1.165) is 22.5 Å². The Kier molecular flexibility index (Phi) is 4.99. The summed E-state index contributed by atoms with van der Waals surface area (Å²) >= 11 is 3.56. The highest BCUT2D eigenvalue weighted by molar-refractivity contribution is 9.10. The van der Waals surface area contributed by atoms with E-state index in [1.165, 1.54) is 0 Å². The highest BCUT2D eigenvalue weighted by Gasteiger charge is 2.20. The summed E-state index contributed by atoms with van der Waals surface area (Å²) in [6.45, 7) is 0.217. The van der Waals surface area contributed by atoms with Gasteiger partial charge in [-0.3, -0.25) is 4.79 Å². The summed E-state index contributed by atoms with van der Waals surface area (Å²) in [6, 6.07) is 29.4. The van der Waals surface area contributed by atoms with Gasteiger partial charge in [0, 0.05) is 16.7 Å². The standard InChI is InChI=1S/C23H17BrN2O/c24-23-25-21(18-12-6-2-7-13-18)22(19-14-8-3-9-15-19)26(23)16-20(27)17-10-4-1-5-11-17/h1-15H,16H2. The fourth-order valence-electron chi connectivity index (χ4n) is 3.11. The summed E-state index contributed by atoms with van der Waals surface area (Å²) in [5.74, 6) is 0.0468. The Hall–Kier alpha value is -2.98. The van der Waals surface area contributed by atoms with Crippen molar-refractivity contribution in [2.24, 2.45) is 0 Å². The number of carbonyl (C=O) groups excluding carboxylic acids is 1. The van der Waals surface area contributed by atoms with Crippen molar-refractivity contribution in [2.75, 3.05) is 0 Å². The molecule has 0 saturated carbocycles. The van der Waals surface area contributed by atoms with Crippen molar-refractivity contribution in [1.29, 1.82) is 0 Å². The van der Waals surface area contributed by atoms with Crippen molar-refractivity contribution < 1.29 is 4.79 Å². The molecule has 0 N–H and O–H groups in total. The van der Waals surface area contributed by atoms with E-state index in [2.05, 4.69) is 15.9 Å². The minimum atomic E-state index is 0.0468. The molecule has 1 aromatic heterocycles. The molecule has 0 unspecified atom stereocenters. The zero-order valence-corrected chi connectivity index (χ0v) is 16.1. The molecule has 0 atom stereocenters. The molecule has 132 valence electrons. The monoisotopic (exact) mass is 416 g/mol. The van der Waals surface area contributed by atoms with Crippen LogP contribution in [0.1, 0.15) is 10.4 Å². The van der Waals surface area contributed by atoms with E-state index in [4.69, 9.17) is 4.98 Å². The van der Waals surface area contributed by atoms with Crippen LogP contribution in [0.3, 0.4) is 0 Å². The summed E-state index contributed by atoms with van der Waals surface area (Å²) in [5, 5.41) is 0. The number of benzene rings is 3. The predicted molar refractivity (Wildman–Crippen MR) is 112 cm³/mol. The number of ketones is 1. The lowest BCUT2D eigenvalue weighted by Gasteiger charge is -2.11. The molecule has 0 spiro atoms. The average Bonchev–Trinajstić information content (AvgIpc) is 3.06. The van der Waals surface area contributed by atoms with Crippen LogP contribution < -0.4 is 0 Å². The minimum absolute atomic E-state index is 0.0468. The van der Waals surface area contributed by atoms with Crippen LogP contribution >= 0.6 is 15.9 Å². The Morgan fingerprint density at radius 1 is 0.778 bits per heavy atom. The van der Waals surface area contributed by atoms with Crippen molar-refractivity contribution in [3.8, 4) is 22.5 Å². The molecule has 1 heterocycles. The highest BCUT2D eigenvalue weighted by atomic mass is 79.9. The quantitative estimate of drug-likeness (QED) is 0.381. The first kappa shape index (κ1) is 17.4. The Morgan fingerprint density at radius 3 is 1.89 bits per heavy atom. The summed E-state index contributed by atoms with van der Waals surface area (Å²) in [7, 11) is 0. The van der Waals surface area contributed by atoms with Gasteiger partial charge in [0.1, 0.15) is 0 Å². The van der Waals surface area contributed by atoms with E-state index < -0.39 is 0 Å². The molecule has 0 bridgehead atoms. The molecule has 4 heteroatoms. The van der Waals surface area contributed by atoms with Crippen molar-refractivity contribution in [2.45, 2.75) is 6.54 Å². The largest absolute Gasteiger partial charge is 0.310 e. The number of Topliss-reactive ketones (excluding diaryl/α,β-unsaturated/α-hetero) is 1. The van der Waals surface area contributed by atoms with Gasteiger partial charge in [-0.25, -0.2) is 4.98 Å². The molecule has 0 aliphatic heterocycles. The molecule has 0 radical (unpaired) electrons. The molecule has 3 aromatic carbocycles. The van der Waals surface area contributed by atoms with Gasteiger partial charge in [0.25, 0.3) is 0 Å². The van der Waals surface area contributed by atoms with Gasteiger partial charge in [-0.2, -0.15) is 0 Å². The molecule has 0 aliphatic rings. The first-order valence-electron chi connectivity index (χ1n) is 8.69. The van der Waals surface area contributed by atoms with Crippen LogP contribution in [0.5, 0.6) is 0 Å². The molecular weight excluding hydrogens is 400 g/mol. The van der Waals surface area contributed by atoms with Gasteiger partial charge in [0.15, 0.2) is 10.5 Å². The zero-order chi connectivity index (χ0) is 18.6. The first-order chi connectivity index (χ1) is 13.2. The Morgan fingerprint density at radius 2 is 1.30 bits per heavy atom. The third-order valence-corrected chi connectivity index (χ3v) is 5.02. The zero-order valence-electron chi connectivity index (χ0n) is 14.5. The van der Waals surface area contributed by atoms with Gasteiger partial charge < -0.3 is 4.57 Å². The van der Waals surface area contributed by atoms with E-state index in [1.807, 2.05) is 95.6 Å². The highest BCUT2D eigenvalue weighted by Crippen LogP contribution is 2.34. The lowest BCUT2D eigenvalue weighted by Crippen LogP contribution is -2.12. The number of rotatable bonds is 5. The van der Waals surface area contributed by atoms with Crippen molar-refractivity contribution in [3.05, 3.63) is 101 Å². The van der Waals surface area contributed by atoms with E-state index in [0.29, 0.717) is 10.3 Å². The maximum Gasteiger partial charge on any atom is 0.182 e. The SMILES string of the molecule is O=C(Cn1c(Br)nc(-c2ccccc2)c1-c1ccccc1)c1ccccc1. The van der Waals surface area contributed by atoms with Gasteiger partial charge in [0.2, 0.25) is 0 Å². The minimum Gasteiger partial charge on any atom is -0.310 e. The smallest absolute Gasteiger partial charge is 0.182 e. The first-order valence-corrected chi connectivity index (χ1v) is 9.48. The number of halogens is 1. The van der Waals surface area contributed by atoms with Crippen molar-refractivity contribution in [3.63, 3.8) is 0 Å². The van der Waals surface area contributed by atoms with E-state index in [9.17, 15) is 4.79 Å². The van der Waals surface area contributed by atoms with Crippen LogP contribution in [0.4, 0.5) is 0 Å². The lowest BCUT2D eigenvalue weighted by atomic mass is 10.0. The van der Waals surface area contributed by atoms with Gasteiger partial charge >= 0.3 is 0 Å². The summed E-state index contributed by atoms with van der Waals surface area (Å²) < 4.78 is 2.58. The number of hydrogen-bond donors (Lipinski definition) is 0. The summed E-state index contributed by atoms with van der Waals surface area (Å²) in [4.78, 5) is 17.6. The van der Waals surface area contributed by atoms with Crippen LogP contribution in [0.25, 0.3) is 22.5 Å². The maximum absolute atomic E-state index is 12.8. The third-order valence-electron chi connectivity index (χ3n) is 4.41. The third kappa shape index (κ3) is 3.62. The fraction of sp³-hybridized carbons (Fsp3) is 0.0435. The normalized spacial score (nSPS) is 10.7. The number of nitrogens with zero attached hydrogens (tertiary/aromatic N) is 2. The maximum atomic E-state index is 12.8. The second-order valence-corrected chi connectivity index (χ2v) is 6.89. The Balaban J connectivity index is 1.84. The number of carbonyl (C=O) groups is 1. The van der Waals surface area contributed by atoms with Crippen molar-refractivity contribution >= 4 is 21.7 Å². The second kappa shape index (κ2) is 7.72. The molecule has 4 rings (SSSR count). The second-order valence-electron chi connectivity index (χ2n) is 6.19. The topological polar surface area (TPSA) is 34.9 Å². The van der Waals surface area contributed by atoms with E-state index in [-0.39, 0.29) is 12.3 Å². The molecule has 0 aliphatic carbocycles. The van der Waals surface area contributed by atoms with Crippen LogP contribution in [0.2, 0.25) is 0 Å².